The lowest BCUT2D eigenvalue weighted by Gasteiger charge is -2.28. The molecule has 6 unspecified atom stereocenters. The number of amides is 4. The van der Waals surface area contributed by atoms with Crippen LogP contribution in [0.1, 0.15) is 39.2 Å². The maximum absolute atomic E-state index is 13.0. The average Bonchev–Trinajstić information content (AvgIpc) is 2.81. The van der Waals surface area contributed by atoms with Gasteiger partial charge in [0.1, 0.15) is 29.9 Å². The predicted octanol–water partition coefficient (Wildman–Crippen LogP) is -1.90. The molecular formula is C23H35N5O8. The number of phenols is 1. The number of aromatic hydroxyl groups is 1. The van der Waals surface area contributed by atoms with Crippen LogP contribution in [0.3, 0.4) is 0 Å². The van der Waals surface area contributed by atoms with Crippen molar-refractivity contribution >= 4 is 29.6 Å². The minimum atomic E-state index is -1.48. The number of carbonyl (C=O) groups excluding carboxylic acids is 4. The highest BCUT2D eigenvalue weighted by atomic mass is 16.4. The summed E-state index contributed by atoms with van der Waals surface area (Å²) in [6, 6.07) is 0.395. The normalized spacial score (nSPS) is 15.9. The summed E-state index contributed by atoms with van der Waals surface area (Å²) in [5.74, 6) is -5.28. The number of aliphatic hydroxyl groups excluding tert-OH is 1. The standard InChI is InChI=1S/C23H35N5O8/c1-4-11(2)19(22(34)27-16(23(35)36)9-13-5-7-14(30)8-6-13)28-20(32)15(10-17(24)31)26-21(33)18(25)12(3)29/h5-8,11-12,15-16,18-19,29-30H,4,9-10,25H2,1-3H3,(H2,24,31)(H,26,33)(H,27,34)(H,28,32)(H,35,36). The molecule has 0 fully saturated rings. The fraction of sp³-hybridized carbons (Fsp3) is 0.522. The number of aliphatic carboxylic acids is 1. The zero-order valence-corrected chi connectivity index (χ0v) is 20.4. The molecule has 0 saturated carbocycles. The number of carboxylic acids is 1. The number of rotatable bonds is 14. The molecule has 1 aromatic carbocycles. The molecule has 13 heteroatoms. The van der Waals surface area contributed by atoms with E-state index in [1.807, 2.05) is 0 Å². The third-order valence-electron chi connectivity index (χ3n) is 5.64. The average molecular weight is 510 g/mol. The van der Waals surface area contributed by atoms with E-state index in [9.17, 15) is 39.3 Å². The molecule has 200 valence electrons. The first-order valence-corrected chi connectivity index (χ1v) is 11.4. The van der Waals surface area contributed by atoms with Gasteiger partial charge in [-0.2, -0.15) is 0 Å². The molecule has 10 N–H and O–H groups in total. The summed E-state index contributed by atoms with van der Waals surface area (Å²) in [6.07, 6.45) is -1.49. The Labute approximate surface area is 208 Å². The van der Waals surface area contributed by atoms with Crippen molar-refractivity contribution in [3.05, 3.63) is 29.8 Å². The van der Waals surface area contributed by atoms with Crippen LogP contribution in [0.5, 0.6) is 5.75 Å². The van der Waals surface area contributed by atoms with Gasteiger partial charge in [0.2, 0.25) is 23.6 Å². The van der Waals surface area contributed by atoms with Crippen molar-refractivity contribution in [1.82, 2.24) is 16.0 Å². The largest absolute Gasteiger partial charge is 0.508 e. The molecule has 0 aliphatic carbocycles. The highest BCUT2D eigenvalue weighted by Gasteiger charge is 2.33. The summed E-state index contributed by atoms with van der Waals surface area (Å²) >= 11 is 0. The second-order valence-corrected chi connectivity index (χ2v) is 8.64. The summed E-state index contributed by atoms with van der Waals surface area (Å²) in [5.41, 5.74) is 11.3. The van der Waals surface area contributed by atoms with E-state index in [1.54, 1.807) is 13.8 Å². The molecule has 1 rings (SSSR count). The molecule has 1 aromatic rings. The van der Waals surface area contributed by atoms with Gasteiger partial charge in [0.05, 0.1) is 12.5 Å². The molecule has 36 heavy (non-hydrogen) atoms. The lowest BCUT2D eigenvalue weighted by Crippen LogP contribution is -2.60. The molecule has 0 heterocycles. The second kappa shape index (κ2) is 14.0. The molecule has 0 spiro atoms. The van der Waals surface area contributed by atoms with Crippen molar-refractivity contribution in [3.63, 3.8) is 0 Å². The number of hydrogen-bond donors (Lipinski definition) is 8. The van der Waals surface area contributed by atoms with E-state index in [0.717, 1.165) is 0 Å². The lowest BCUT2D eigenvalue weighted by atomic mass is 9.96. The third kappa shape index (κ3) is 9.50. The molecule has 0 saturated heterocycles. The van der Waals surface area contributed by atoms with E-state index in [1.165, 1.54) is 31.2 Å². The highest BCUT2D eigenvalue weighted by Crippen LogP contribution is 2.13. The first-order chi connectivity index (χ1) is 16.8. The van der Waals surface area contributed by atoms with Crippen LogP contribution in [0.15, 0.2) is 24.3 Å². The van der Waals surface area contributed by atoms with Crippen LogP contribution in [0.25, 0.3) is 0 Å². The second-order valence-electron chi connectivity index (χ2n) is 8.64. The fourth-order valence-corrected chi connectivity index (χ4v) is 3.18. The van der Waals surface area contributed by atoms with E-state index in [0.29, 0.717) is 12.0 Å². The van der Waals surface area contributed by atoms with Crippen molar-refractivity contribution < 1.29 is 39.3 Å². The van der Waals surface area contributed by atoms with Crippen molar-refractivity contribution in [2.45, 2.75) is 70.3 Å². The number of carboxylic acid groups (broad SMARTS) is 1. The number of carbonyl (C=O) groups is 5. The van der Waals surface area contributed by atoms with Gasteiger partial charge in [-0.05, 0) is 30.5 Å². The number of phenolic OH excluding ortho intramolecular Hbond substituents is 1. The number of aliphatic hydroxyl groups is 1. The summed E-state index contributed by atoms with van der Waals surface area (Å²) in [4.78, 5) is 61.4. The fourth-order valence-electron chi connectivity index (χ4n) is 3.18. The van der Waals surface area contributed by atoms with E-state index in [-0.39, 0.29) is 12.2 Å². The summed E-state index contributed by atoms with van der Waals surface area (Å²) in [5, 5.41) is 35.6. The SMILES string of the molecule is CCC(C)C(NC(=O)C(CC(N)=O)NC(=O)C(N)C(C)O)C(=O)NC(Cc1ccc(O)cc1)C(=O)O. The van der Waals surface area contributed by atoms with Crippen LogP contribution in [0.2, 0.25) is 0 Å². The van der Waals surface area contributed by atoms with Crippen LogP contribution >= 0.6 is 0 Å². The third-order valence-corrected chi connectivity index (χ3v) is 5.64. The summed E-state index contributed by atoms with van der Waals surface area (Å²) < 4.78 is 0. The van der Waals surface area contributed by atoms with Crippen molar-refractivity contribution in [1.29, 1.82) is 0 Å². The molecule has 13 nitrogen and oxygen atoms in total. The Bertz CT molecular complexity index is 937. The van der Waals surface area contributed by atoms with Gasteiger partial charge in [-0.1, -0.05) is 32.4 Å². The number of hydrogen-bond acceptors (Lipinski definition) is 8. The monoisotopic (exact) mass is 509 g/mol. The van der Waals surface area contributed by atoms with Crippen LogP contribution in [-0.4, -0.2) is 75.2 Å². The van der Waals surface area contributed by atoms with Gasteiger partial charge in [-0.3, -0.25) is 19.2 Å². The Morgan fingerprint density at radius 2 is 1.47 bits per heavy atom. The van der Waals surface area contributed by atoms with E-state index >= 15 is 0 Å². The number of nitrogens with two attached hydrogens (primary N) is 2. The molecule has 0 aliphatic heterocycles. The maximum atomic E-state index is 13.0. The van der Waals surface area contributed by atoms with Crippen LogP contribution < -0.4 is 27.4 Å². The molecule has 0 radical (unpaired) electrons. The quantitative estimate of drug-likeness (QED) is 0.140. The van der Waals surface area contributed by atoms with Gasteiger partial charge in [0.25, 0.3) is 0 Å². The predicted molar refractivity (Wildman–Crippen MR) is 128 cm³/mol. The number of benzene rings is 1. The van der Waals surface area contributed by atoms with E-state index < -0.39 is 72.2 Å². The first kappa shape index (κ1) is 30.3. The Hall–Kier alpha value is -3.71. The molecule has 6 atom stereocenters. The summed E-state index contributed by atoms with van der Waals surface area (Å²) in [7, 11) is 0. The Balaban J connectivity index is 3.06. The zero-order chi connectivity index (χ0) is 27.6. The molecule has 0 aromatic heterocycles. The Morgan fingerprint density at radius 3 is 1.94 bits per heavy atom. The molecule has 0 bridgehead atoms. The first-order valence-electron chi connectivity index (χ1n) is 11.4. The molecular weight excluding hydrogens is 474 g/mol. The highest BCUT2D eigenvalue weighted by molar-refractivity contribution is 5.96. The zero-order valence-electron chi connectivity index (χ0n) is 20.4. The van der Waals surface area contributed by atoms with Gasteiger partial charge in [0.15, 0.2) is 0 Å². The Morgan fingerprint density at radius 1 is 0.917 bits per heavy atom. The summed E-state index contributed by atoms with van der Waals surface area (Å²) in [6.45, 7) is 4.69. The van der Waals surface area contributed by atoms with E-state index in [2.05, 4.69) is 16.0 Å². The van der Waals surface area contributed by atoms with Gasteiger partial charge in [-0.25, -0.2) is 4.79 Å². The molecule has 0 aliphatic rings. The van der Waals surface area contributed by atoms with Crippen LogP contribution in [0.4, 0.5) is 0 Å². The lowest BCUT2D eigenvalue weighted by molar-refractivity contribution is -0.142. The van der Waals surface area contributed by atoms with Crippen molar-refractivity contribution in [2.24, 2.45) is 17.4 Å². The van der Waals surface area contributed by atoms with Gasteiger partial charge < -0.3 is 42.7 Å². The van der Waals surface area contributed by atoms with Crippen molar-refractivity contribution in [3.8, 4) is 5.75 Å². The number of primary amides is 1. The van der Waals surface area contributed by atoms with Gasteiger partial charge in [-0.15, -0.1) is 0 Å². The van der Waals surface area contributed by atoms with Crippen LogP contribution in [-0.2, 0) is 30.4 Å². The van der Waals surface area contributed by atoms with Crippen molar-refractivity contribution in [2.75, 3.05) is 0 Å². The number of nitrogens with one attached hydrogen (secondary N) is 3. The van der Waals surface area contributed by atoms with Gasteiger partial charge >= 0.3 is 5.97 Å². The molecule has 4 amide bonds. The Kier molecular flexibility index (Phi) is 11.8. The minimum Gasteiger partial charge on any atom is -0.508 e. The maximum Gasteiger partial charge on any atom is 0.326 e. The smallest absolute Gasteiger partial charge is 0.326 e. The minimum absolute atomic E-state index is 0.00113. The van der Waals surface area contributed by atoms with E-state index in [4.69, 9.17) is 11.5 Å². The van der Waals surface area contributed by atoms with Gasteiger partial charge in [0, 0.05) is 6.42 Å². The topological polar surface area (TPSA) is 234 Å². The van der Waals surface area contributed by atoms with Crippen LogP contribution in [0, 0.1) is 5.92 Å².